The first-order chi connectivity index (χ1) is 11.6. The van der Waals surface area contributed by atoms with Crippen LogP contribution < -0.4 is 0 Å². The van der Waals surface area contributed by atoms with Crippen LogP contribution in [0.15, 0.2) is 12.1 Å². The van der Waals surface area contributed by atoms with E-state index in [1.54, 1.807) is 6.07 Å². The topological polar surface area (TPSA) is 118 Å². The molecule has 122 valence electrons. The molecule has 0 aliphatic heterocycles. The molecule has 2 rings (SSSR count). The van der Waals surface area contributed by atoms with Crippen molar-refractivity contribution in [3.8, 4) is 18.2 Å². The Kier molecular flexibility index (Phi) is 5.90. The van der Waals surface area contributed by atoms with Gasteiger partial charge < -0.3 is 9.84 Å². The predicted octanol–water partition coefficient (Wildman–Crippen LogP) is 1.80. The number of nitrogens with zero attached hydrogens (tertiary/aromatic N) is 3. The zero-order chi connectivity index (χ0) is 17.5. The number of hydrogen-bond donors (Lipinski definition) is 1. The number of hydrogen-bond acceptors (Lipinski definition) is 6. The largest absolute Gasteiger partial charge is 0.463 e. The van der Waals surface area contributed by atoms with Gasteiger partial charge in [-0.3, -0.25) is 4.79 Å². The molecule has 6 nitrogen and oxygen atoms in total. The summed E-state index contributed by atoms with van der Waals surface area (Å²) in [4.78, 5) is 11.8. The molecule has 1 aliphatic carbocycles. The van der Waals surface area contributed by atoms with Gasteiger partial charge in [0.2, 0.25) is 0 Å². The third-order valence-corrected chi connectivity index (χ3v) is 4.32. The zero-order valence-corrected chi connectivity index (χ0v) is 13.2. The van der Waals surface area contributed by atoms with E-state index in [-0.39, 0.29) is 42.1 Å². The first-order valence-electron chi connectivity index (χ1n) is 7.77. The molecule has 6 heteroatoms. The van der Waals surface area contributed by atoms with Crippen LogP contribution in [-0.4, -0.2) is 24.3 Å². The molecule has 0 unspecified atom stereocenters. The van der Waals surface area contributed by atoms with Crippen molar-refractivity contribution in [1.29, 1.82) is 15.8 Å². The van der Waals surface area contributed by atoms with E-state index in [0.29, 0.717) is 18.4 Å². The van der Waals surface area contributed by atoms with E-state index in [4.69, 9.17) is 20.4 Å². The van der Waals surface area contributed by atoms with Crippen molar-refractivity contribution in [3.05, 3.63) is 34.4 Å². The third-order valence-electron chi connectivity index (χ3n) is 4.32. The monoisotopic (exact) mass is 323 g/mol. The molecule has 0 bridgehead atoms. The molecule has 24 heavy (non-hydrogen) atoms. The maximum Gasteiger partial charge on any atom is 0.309 e. The van der Waals surface area contributed by atoms with Crippen molar-refractivity contribution in [3.63, 3.8) is 0 Å². The lowest BCUT2D eigenvalue weighted by Crippen LogP contribution is -2.17. The first-order valence-corrected chi connectivity index (χ1v) is 7.77. The van der Waals surface area contributed by atoms with Crippen LogP contribution in [0.25, 0.3) is 0 Å². The number of benzene rings is 1. The van der Waals surface area contributed by atoms with Gasteiger partial charge in [0, 0.05) is 0 Å². The van der Waals surface area contributed by atoms with Gasteiger partial charge in [-0.15, -0.1) is 0 Å². The maximum atomic E-state index is 11.8. The molecule has 0 radical (unpaired) electrons. The Labute approximate surface area is 140 Å². The number of carbonyl (C=O) groups is 1. The maximum absolute atomic E-state index is 11.8. The van der Waals surface area contributed by atoms with Crippen molar-refractivity contribution < 1.29 is 14.6 Å². The molecule has 1 aromatic rings. The highest BCUT2D eigenvalue weighted by Crippen LogP contribution is 2.35. The van der Waals surface area contributed by atoms with Crippen LogP contribution in [0.3, 0.4) is 0 Å². The van der Waals surface area contributed by atoms with Gasteiger partial charge in [-0.2, -0.15) is 15.8 Å². The Morgan fingerprint density at radius 1 is 1.12 bits per heavy atom. The minimum absolute atomic E-state index is 0.0136. The van der Waals surface area contributed by atoms with Crippen LogP contribution in [0.5, 0.6) is 0 Å². The molecule has 1 fully saturated rings. The molecule has 1 saturated carbocycles. The molecule has 1 aliphatic rings. The number of aliphatic hydroxyl groups excluding tert-OH is 1. The lowest BCUT2D eigenvalue weighted by atomic mass is 9.91. The molecule has 0 amide bonds. The van der Waals surface area contributed by atoms with Gasteiger partial charge in [0.15, 0.2) is 0 Å². The molecular formula is C18H17N3O3. The highest BCUT2D eigenvalue weighted by molar-refractivity contribution is 5.72. The van der Waals surface area contributed by atoms with Crippen LogP contribution in [0.2, 0.25) is 0 Å². The normalized spacial score (nSPS) is 19.1. The van der Waals surface area contributed by atoms with Crippen LogP contribution in [0.4, 0.5) is 0 Å². The average molecular weight is 323 g/mol. The summed E-state index contributed by atoms with van der Waals surface area (Å²) in [5.74, 6) is -0.242. The number of ether oxygens (including phenoxy) is 1. The summed E-state index contributed by atoms with van der Waals surface area (Å²) < 4.78 is 4.96. The third kappa shape index (κ3) is 3.90. The van der Waals surface area contributed by atoms with Crippen molar-refractivity contribution in [2.75, 3.05) is 13.2 Å². The summed E-state index contributed by atoms with van der Waals surface area (Å²) >= 11 is 0. The van der Waals surface area contributed by atoms with E-state index in [1.807, 2.05) is 12.1 Å². The molecule has 0 saturated heterocycles. The number of nitriles is 3. The molecule has 0 aromatic heterocycles. The second kappa shape index (κ2) is 8.11. The SMILES string of the molecule is N#Cc1cc(C#N)c(C[C@H]2CC[C@@H](C(=O)OCCO)C2)cc1C#N. The molecule has 1 aromatic carbocycles. The number of aliphatic hydroxyl groups is 1. The second-order valence-corrected chi connectivity index (χ2v) is 5.86. The minimum atomic E-state index is -0.287. The van der Waals surface area contributed by atoms with Crippen molar-refractivity contribution in [1.82, 2.24) is 0 Å². The highest BCUT2D eigenvalue weighted by Gasteiger charge is 2.31. The van der Waals surface area contributed by atoms with Gasteiger partial charge in [0.1, 0.15) is 18.7 Å². The fourth-order valence-corrected chi connectivity index (χ4v) is 3.15. The van der Waals surface area contributed by atoms with Crippen molar-refractivity contribution >= 4 is 5.97 Å². The lowest BCUT2D eigenvalue weighted by Gasteiger charge is -2.13. The zero-order valence-electron chi connectivity index (χ0n) is 13.2. The molecular weight excluding hydrogens is 306 g/mol. The average Bonchev–Trinajstić information content (AvgIpc) is 3.07. The minimum Gasteiger partial charge on any atom is -0.463 e. The number of esters is 1. The summed E-state index contributed by atoms with van der Waals surface area (Å²) in [6.45, 7) is -0.171. The lowest BCUT2D eigenvalue weighted by molar-refractivity contribution is -0.149. The van der Waals surface area contributed by atoms with Gasteiger partial charge in [-0.05, 0) is 49.3 Å². The molecule has 1 N–H and O–H groups in total. The fraction of sp³-hybridized carbons (Fsp3) is 0.444. The standard InChI is InChI=1S/C18H17N3O3/c19-9-15-8-17(11-21)16(10-20)7-14(15)6-12-1-2-13(5-12)18(23)24-4-3-22/h7-8,12-13,22H,1-6H2/t12-,13+/m0/s1. The van der Waals surface area contributed by atoms with Gasteiger partial charge >= 0.3 is 5.97 Å². The van der Waals surface area contributed by atoms with Crippen molar-refractivity contribution in [2.24, 2.45) is 11.8 Å². The summed E-state index contributed by atoms with van der Waals surface area (Å²) in [5.41, 5.74) is 1.61. The number of rotatable bonds is 5. The fourth-order valence-electron chi connectivity index (χ4n) is 3.15. The van der Waals surface area contributed by atoms with Gasteiger partial charge in [0.05, 0.1) is 35.3 Å². The molecule has 2 atom stereocenters. The van der Waals surface area contributed by atoms with E-state index >= 15 is 0 Å². The van der Waals surface area contributed by atoms with E-state index in [9.17, 15) is 10.1 Å². The van der Waals surface area contributed by atoms with E-state index in [2.05, 4.69) is 6.07 Å². The highest BCUT2D eigenvalue weighted by atomic mass is 16.5. The molecule has 0 heterocycles. The van der Waals surface area contributed by atoms with E-state index in [1.165, 1.54) is 6.07 Å². The van der Waals surface area contributed by atoms with Gasteiger partial charge in [-0.25, -0.2) is 0 Å². The van der Waals surface area contributed by atoms with E-state index < -0.39 is 0 Å². The summed E-state index contributed by atoms with van der Waals surface area (Å²) in [6, 6.07) is 9.05. The Bertz CT molecular complexity index is 752. The summed E-state index contributed by atoms with van der Waals surface area (Å²) in [7, 11) is 0. The Morgan fingerprint density at radius 2 is 1.79 bits per heavy atom. The van der Waals surface area contributed by atoms with Gasteiger partial charge in [-0.1, -0.05) is 0 Å². The van der Waals surface area contributed by atoms with Crippen LogP contribution in [0.1, 0.15) is 41.5 Å². The predicted molar refractivity (Wildman–Crippen MR) is 83.2 cm³/mol. The second-order valence-electron chi connectivity index (χ2n) is 5.86. The molecule has 0 spiro atoms. The summed E-state index contributed by atoms with van der Waals surface area (Å²) in [5, 5.41) is 36.1. The Balaban J connectivity index is 2.10. The van der Waals surface area contributed by atoms with Gasteiger partial charge in [0.25, 0.3) is 0 Å². The Morgan fingerprint density at radius 3 is 2.42 bits per heavy atom. The quantitative estimate of drug-likeness (QED) is 0.825. The smallest absolute Gasteiger partial charge is 0.309 e. The van der Waals surface area contributed by atoms with Crippen LogP contribution >= 0.6 is 0 Å². The summed E-state index contributed by atoms with van der Waals surface area (Å²) in [6.07, 6.45) is 2.81. The van der Waals surface area contributed by atoms with E-state index in [0.717, 1.165) is 18.4 Å². The first kappa shape index (κ1) is 17.5. The van der Waals surface area contributed by atoms with Crippen LogP contribution in [-0.2, 0) is 16.0 Å². The van der Waals surface area contributed by atoms with Crippen LogP contribution in [0, 0.1) is 45.8 Å². The van der Waals surface area contributed by atoms with Crippen molar-refractivity contribution in [2.45, 2.75) is 25.7 Å². The number of carbonyl (C=O) groups excluding carboxylic acids is 1. The Hall–Kier alpha value is -2.88.